The van der Waals surface area contributed by atoms with E-state index in [1.54, 1.807) is 4.90 Å². The molecule has 0 spiro atoms. The zero-order valence-corrected chi connectivity index (χ0v) is 10.5. The molecule has 2 rings (SSSR count). The van der Waals surface area contributed by atoms with Crippen LogP contribution >= 0.6 is 0 Å². The lowest BCUT2D eigenvalue weighted by Crippen LogP contribution is -2.49. The first-order chi connectivity index (χ1) is 8.64. The van der Waals surface area contributed by atoms with Crippen molar-refractivity contribution in [2.75, 3.05) is 19.7 Å². The van der Waals surface area contributed by atoms with Crippen molar-refractivity contribution in [1.82, 2.24) is 4.90 Å². The molecule has 2 fully saturated rings. The van der Waals surface area contributed by atoms with Gasteiger partial charge in [0, 0.05) is 25.6 Å². The smallest absolute Gasteiger partial charge is 0.236 e. The Balaban J connectivity index is 2.15. The van der Waals surface area contributed by atoms with E-state index in [-0.39, 0.29) is 24.3 Å². The second-order valence-corrected chi connectivity index (χ2v) is 5.36. The molecule has 1 saturated carbocycles. The fraction of sp³-hybridized carbons (Fsp3) is 0.833. The number of nitrogens with two attached hydrogens (primary N) is 1. The van der Waals surface area contributed by atoms with Crippen LogP contribution < -0.4 is 5.73 Å². The van der Waals surface area contributed by atoms with Crippen LogP contribution in [0.2, 0.25) is 0 Å². The number of amidine groups is 1. The van der Waals surface area contributed by atoms with E-state index in [9.17, 15) is 4.79 Å². The Hall–Kier alpha value is -1.30. The van der Waals surface area contributed by atoms with Crippen LogP contribution in [0.15, 0.2) is 5.16 Å². The summed E-state index contributed by atoms with van der Waals surface area (Å²) < 4.78 is 0. The van der Waals surface area contributed by atoms with Gasteiger partial charge < -0.3 is 20.9 Å². The van der Waals surface area contributed by atoms with Gasteiger partial charge in [-0.3, -0.25) is 4.79 Å². The maximum atomic E-state index is 12.6. The molecule has 6 nitrogen and oxygen atoms in total. The number of amides is 1. The Morgan fingerprint density at radius 1 is 1.44 bits per heavy atom. The number of carbonyl (C=O) groups is 1. The van der Waals surface area contributed by atoms with Crippen LogP contribution in [0.3, 0.4) is 0 Å². The summed E-state index contributed by atoms with van der Waals surface area (Å²) in [4.78, 5) is 14.4. The van der Waals surface area contributed by atoms with E-state index in [1.807, 2.05) is 0 Å². The Labute approximate surface area is 106 Å². The van der Waals surface area contributed by atoms with E-state index in [0.717, 1.165) is 19.3 Å². The second-order valence-electron chi connectivity index (χ2n) is 5.36. The molecule has 0 aromatic carbocycles. The van der Waals surface area contributed by atoms with Gasteiger partial charge in [0.15, 0.2) is 5.84 Å². The van der Waals surface area contributed by atoms with Gasteiger partial charge in [0.1, 0.15) is 5.41 Å². The van der Waals surface area contributed by atoms with Crippen LogP contribution in [0.5, 0.6) is 0 Å². The van der Waals surface area contributed by atoms with Crippen molar-refractivity contribution in [1.29, 1.82) is 0 Å². The second kappa shape index (κ2) is 5.14. The van der Waals surface area contributed by atoms with Gasteiger partial charge in [-0.1, -0.05) is 18.0 Å². The first-order valence-corrected chi connectivity index (χ1v) is 6.52. The van der Waals surface area contributed by atoms with E-state index in [1.165, 1.54) is 0 Å². The summed E-state index contributed by atoms with van der Waals surface area (Å²) in [7, 11) is 0. The number of nitrogens with zero attached hydrogens (tertiary/aromatic N) is 2. The molecule has 1 aliphatic carbocycles. The molecule has 0 aromatic heterocycles. The predicted octanol–water partition coefficient (Wildman–Crippen LogP) is 0.134. The van der Waals surface area contributed by atoms with Crippen molar-refractivity contribution >= 4 is 11.7 Å². The molecule has 1 atom stereocenters. The van der Waals surface area contributed by atoms with Gasteiger partial charge in [0.05, 0.1) is 0 Å². The average molecular weight is 255 g/mol. The number of carbonyl (C=O) groups excluding carboxylic acids is 1. The first kappa shape index (κ1) is 13.1. The molecule has 18 heavy (non-hydrogen) atoms. The molecular weight excluding hydrogens is 234 g/mol. The highest BCUT2D eigenvalue weighted by Crippen LogP contribution is 2.41. The number of rotatable bonds is 3. The van der Waals surface area contributed by atoms with Crippen molar-refractivity contribution in [3.63, 3.8) is 0 Å². The monoisotopic (exact) mass is 255 g/mol. The predicted molar refractivity (Wildman–Crippen MR) is 66.1 cm³/mol. The Morgan fingerprint density at radius 2 is 2.11 bits per heavy atom. The fourth-order valence-electron chi connectivity index (χ4n) is 3.12. The standard InChI is InChI=1S/C12H21N3O3/c13-10(14-18)12(4-1-2-5-12)11(17)15-6-3-9(7-15)8-16/h9,16,18H,1-8H2,(H2,13,14). The topological polar surface area (TPSA) is 99.2 Å². The third kappa shape index (κ3) is 2.05. The number of hydrogen-bond acceptors (Lipinski definition) is 4. The normalized spacial score (nSPS) is 27.7. The van der Waals surface area contributed by atoms with E-state index >= 15 is 0 Å². The van der Waals surface area contributed by atoms with Crippen LogP contribution in [0.25, 0.3) is 0 Å². The maximum Gasteiger partial charge on any atom is 0.236 e. The third-order valence-electron chi connectivity index (χ3n) is 4.30. The Bertz CT molecular complexity index is 350. The molecule has 2 aliphatic rings. The zero-order valence-electron chi connectivity index (χ0n) is 10.5. The van der Waals surface area contributed by atoms with Gasteiger partial charge in [-0.05, 0) is 19.3 Å². The molecule has 6 heteroatoms. The molecule has 1 aliphatic heterocycles. The van der Waals surface area contributed by atoms with Crippen LogP contribution in [0, 0.1) is 11.3 Å². The summed E-state index contributed by atoms with van der Waals surface area (Å²) in [5.74, 6) is 0.170. The van der Waals surface area contributed by atoms with Crippen LogP contribution in [-0.4, -0.2) is 46.7 Å². The number of likely N-dealkylation sites (tertiary alicyclic amines) is 1. The lowest BCUT2D eigenvalue weighted by atomic mass is 9.83. The molecule has 4 N–H and O–H groups in total. The maximum absolute atomic E-state index is 12.6. The SMILES string of the molecule is NC(=NO)C1(C(=O)N2CCC(CO)C2)CCCC1. The summed E-state index contributed by atoms with van der Waals surface area (Å²) in [6.45, 7) is 1.35. The lowest BCUT2D eigenvalue weighted by Gasteiger charge is -2.31. The number of hydrogen-bond donors (Lipinski definition) is 3. The quantitative estimate of drug-likeness (QED) is 0.289. The van der Waals surface area contributed by atoms with Gasteiger partial charge in [-0.25, -0.2) is 0 Å². The highest BCUT2D eigenvalue weighted by atomic mass is 16.4. The largest absolute Gasteiger partial charge is 0.409 e. The minimum atomic E-state index is -0.806. The lowest BCUT2D eigenvalue weighted by molar-refractivity contribution is -0.137. The van der Waals surface area contributed by atoms with Crippen molar-refractivity contribution in [3.05, 3.63) is 0 Å². The number of aliphatic hydroxyl groups excluding tert-OH is 1. The van der Waals surface area contributed by atoms with Gasteiger partial charge in [0.25, 0.3) is 0 Å². The summed E-state index contributed by atoms with van der Waals surface area (Å²) in [5.41, 5.74) is 4.95. The summed E-state index contributed by atoms with van der Waals surface area (Å²) in [6, 6.07) is 0. The molecule has 0 bridgehead atoms. The summed E-state index contributed by atoms with van der Waals surface area (Å²) in [6.07, 6.45) is 4.00. The van der Waals surface area contributed by atoms with Gasteiger partial charge in [-0.15, -0.1) is 0 Å². The highest BCUT2D eigenvalue weighted by molar-refractivity contribution is 6.07. The van der Waals surface area contributed by atoms with Crippen molar-refractivity contribution in [2.45, 2.75) is 32.1 Å². The Morgan fingerprint density at radius 3 is 2.61 bits per heavy atom. The van der Waals surface area contributed by atoms with E-state index in [2.05, 4.69) is 5.16 Å². The summed E-state index contributed by atoms with van der Waals surface area (Å²) in [5, 5.41) is 21.1. The van der Waals surface area contributed by atoms with Gasteiger partial charge >= 0.3 is 0 Å². The van der Waals surface area contributed by atoms with Crippen LogP contribution in [0.1, 0.15) is 32.1 Å². The average Bonchev–Trinajstić information content (AvgIpc) is 3.06. The molecule has 102 valence electrons. The summed E-state index contributed by atoms with van der Waals surface area (Å²) >= 11 is 0. The van der Waals surface area contributed by atoms with Crippen molar-refractivity contribution in [2.24, 2.45) is 22.2 Å². The van der Waals surface area contributed by atoms with E-state index < -0.39 is 5.41 Å². The zero-order chi connectivity index (χ0) is 13.2. The van der Waals surface area contributed by atoms with Crippen LogP contribution in [0.4, 0.5) is 0 Å². The molecule has 1 amide bonds. The molecule has 0 aromatic rings. The first-order valence-electron chi connectivity index (χ1n) is 6.52. The van der Waals surface area contributed by atoms with Crippen LogP contribution in [-0.2, 0) is 4.79 Å². The molecule has 1 saturated heterocycles. The Kier molecular flexibility index (Phi) is 3.75. The number of aliphatic hydroxyl groups is 1. The highest BCUT2D eigenvalue weighted by Gasteiger charge is 2.48. The minimum Gasteiger partial charge on any atom is -0.409 e. The molecular formula is C12H21N3O3. The molecule has 1 unspecified atom stereocenters. The minimum absolute atomic E-state index is 0.0359. The van der Waals surface area contributed by atoms with Crippen molar-refractivity contribution < 1.29 is 15.1 Å². The van der Waals surface area contributed by atoms with E-state index in [4.69, 9.17) is 16.0 Å². The molecule has 0 radical (unpaired) electrons. The fourth-order valence-corrected chi connectivity index (χ4v) is 3.12. The van der Waals surface area contributed by atoms with Gasteiger partial charge in [0.2, 0.25) is 5.91 Å². The third-order valence-corrected chi connectivity index (χ3v) is 4.30. The van der Waals surface area contributed by atoms with Crippen molar-refractivity contribution in [3.8, 4) is 0 Å². The van der Waals surface area contributed by atoms with Gasteiger partial charge in [-0.2, -0.15) is 0 Å². The number of oxime groups is 1. The van der Waals surface area contributed by atoms with E-state index in [0.29, 0.717) is 25.9 Å². The molecule has 1 heterocycles.